The van der Waals surface area contributed by atoms with Crippen LogP contribution in [0.3, 0.4) is 0 Å². The summed E-state index contributed by atoms with van der Waals surface area (Å²) in [5.74, 6) is 0. The number of nitrogens with zero attached hydrogens (tertiary/aromatic N) is 8. The zero-order valence-corrected chi connectivity index (χ0v) is 25.3. The first-order chi connectivity index (χ1) is 19.2. The number of aromatic nitrogens is 8. The number of fused-ring (bicyclic) bond motifs is 8. The summed E-state index contributed by atoms with van der Waals surface area (Å²) in [7, 11) is -9.89. The van der Waals surface area contributed by atoms with E-state index in [1.54, 1.807) is 52.0 Å². The van der Waals surface area contributed by atoms with Crippen LogP contribution in [0.1, 0.15) is 70.5 Å². The van der Waals surface area contributed by atoms with Crippen molar-refractivity contribution in [1.82, 2.24) is 39.1 Å². The summed E-state index contributed by atoms with van der Waals surface area (Å²) in [6, 6.07) is 6.58. The van der Waals surface area contributed by atoms with Crippen molar-refractivity contribution in [2.45, 2.75) is 52.6 Å². The molecule has 5 heterocycles. The van der Waals surface area contributed by atoms with E-state index in [9.17, 15) is 20.4 Å². The second-order valence-corrected chi connectivity index (χ2v) is 10.4. The summed E-state index contributed by atoms with van der Waals surface area (Å²) < 4.78 is 73.3. The predicted molar refractivity (Wildman–Crippen MR) is 113 cm³/mol. The SMILES string of the molecule is Cc1cc2nn1[C@H](O)c1cc(C)n(n1)[C@@H](O)c1cc(C)n(n1)[C@H](O)c1cc(C)n(n1)[C@H]2O.O.[Cu+2].[O-][Cl+3]([O-])([O-])[O-].[O-][Cl+3]([O-])([O-])[O-]. The standard InChI is InChI=1S/C20H24N8O4.2ClHO4.Cu.H2O/c1-9-5-13-18(30)26-11(3)7-15(23-26)20(32)28-12(4)8-16(24-28)19(31)27-10(2)6-14(22-27)17(29)25(9)21-13;2*2-1(3,4)5;;/h5-8,17-20,29-32H,1-4H3;2*(H,2,3,4,5);;1H2/q;;;+2;/p-2/t17-,18+,19+,20-;;;;. The molecule has 21 nitrogen and oxygen atoms in total. The number of hydrogen-bond donors (Lipinski definition) is 4. The monoisotopic (exact) mass is 719 g/mol. The summed E-state index contributed by atoms with van der Waals surface area (Å²) in [5.41, 5.74) is 3.49. The van der Waals surface area contributed by atoms with E-state index in [4.69, 9.17) is 37.3 Å². The maximum atomic E-state index is 10.9. The molecule has 4 aromatic heterocycles. The van der Waals surface area contributed by atoms with E-state index >= 15 is 0 Å². The first-order valence-electron chi connectivity index (χ1n) is 11.4. The quantitative estimate of drug-likeness (QED) is 0.122. The molecule has 0 aliphatic carbocycles. The second kappa shape index (κ2) is 14.7. The molecule has 5 rings (SSSR count). The minimum Gasteiger partial charge on any atom is -0.412 e. The van der Waals surface area contributed by atoms with Crippen molar-refractivity contribution < 1.29 is 101 Å². The Kier molecular flexibility index (Phi) is 13.2. The fraction of sp³-hybridized carbons (Fsp3) is 0.400. The molecule has 0 saturated heterocycles. The molecular weight excluding hydrogens is 695 g/mol. The minimum atomic E-state index is -4.94. The van der Waals surface area contributed by atoms with Crippen molar-refractivity contribution in [3.63, 3.8) is 0 Å². The van der Waals surface area contributed by atoms with Gasteiger partial charge in [0.2, 0.25) is 0 Å². The molecule has 6 N–H and O–H groups in total. The molecule has 1 aliphatic rings. The third-order valence-corrected chi connectivity index (χ3v) is 5.75. The molecule has 1 radical (unpaired) electrons. The third-order valence-electron chi connectivity index (χ3n) is 5.75. The van der Waals surface area contributed by atoms with Gasteiger partial charge in [-0.25, -0.2) is 56.0 Å². The molecule has 0 amide bonds. The Morgan fingerprint density at radius 1 is 0.477 bits per heavy atom. The van der Waals surface area contributed by atoms with Crippen LogP contribution in [0, 0.1) is 48.2 Å². The Hall–Kier alpha value is -2.58. The first-order valence-corrected chi connectivity index (χ1v) is 13.8. The summed E-state index contributed by atoms with van der Waals surface area (Å²) in [6.07, 6.45) is -4.92. The normalized spacial score (nSPS) is 19.5. The van der Waals surface area contributed by atoms with Crippen molar-refractivity contribution in [2.75, 3.05) is 0 Å². The van der Waals surface area contributed by atoms with Crippen LogP contribution in [-0.2, 0) is 17.1 Å². The molecule has 8 bridgehead atoms. The average molecular weight is 721 g/mol. The molecule has 0 unspecified atom stereocenters. The Bertz CT molecular complexity index is 1310. The molecule has 1 aliphatic heterocycles. The molecule has 0 aromatic carbocycles. The van der Waals surface area contributed by atoms with Gasteiger partial charge < -0.3 is 25.9 Å². The van der Waals surface area contributed by atoms with Gasteiger partial charge in [0.25, 0.3) is 0 Å². The number of aryl methyl sites for hydroxylation is 4. The van der Waals surface area contributed by atoms with Gasteiger partial charge in [0.15, 0.2) is 24.9 Å². The Morgan fingerprint density at radius 2 is 0.614 bits per heavy atom. The molecule has 4 atom stereocenters. The van der Waals surface area contributed by atoms with Gasteiger partial charge in [0, 0.05) is 22.8 Å². The van der Waals surface area contributed by atoms with Gasteiger partial charge in [0.1, 0.15) is 22.8 Å². The van der Waals surface area contributed by atoms with Crippen molar-refractivity contribution in [1.29, 1.82) is 0 Å². The molecule has 4 aromatic rings. The summed E-state index contributed by atoms with van der Waals surface area (Å²) in [5, 5.41) is 61.2. The van der Waals surface area contributed by atoms with Crippen LogP contribution in [-0.4, -0.2) is 65.0 Å². The van der Waals surface area contributed by atoms with Gasteiger partial charge >= 0.3 is 17.1 Å². The van der Waals surface area contributed by atoms with Gasteiger partial charge in [-0.3, -0.25) is 0 Å². The average Bonchev–Trinajstić information content (AvgIpc) is 3.60. The van der Waals surface area contributed by atoms with Crippen LogP contribution in [0.2, 0.25) is 0 Å². The molecular formula is C20H26Cl2CuN8O13. The molecule has 0 fully saturated rings. The van der Waals surface area contributed by atoms with E-state index in [2.05, 4.69) is 20.4 Å². The maximum absolute atomic E-state index is 10.9. The van der Waals surface area contributed by atoms with Crippen LogP contribution in [0.4, 0.5) is 0 Å². The van der Waals surface area contributed by atoms with E-state index in [-0.39, 0.29) is 45.3 Å². The molecule has 0 saturated carbocycles. The topological polar surface area (TPSA) is 368 Å². The molecule has 0 spiro atoms. The smallest absolute Gasteiger partial charge is 0.412 e. The fourth-order valence-electron chi connectivity index (χ4n) is 4.05. The minimum absolute atomic E-state index is 0. The Labute approximate surface area is 261 Å². The van der Waals surface area contributed by atoms with Gasteiger partial charge in [-0.15, -0.1) is 20.5 Å². The maximum Gasteiger partial charge on any atom is 2.00 e. The third kappa shape index (κ3) is 9.71. The van der Waals surface area contributed by atoms with Crippen LogP contribution >= 0.6 is 0 Å². The molecule has 44 heavy (non-hydrogen) atoms. The van der Waals surface area contributed by atoms with Gasteiger partial charge in [0.05, 0.1) is 0 Å². The van der Waals surface area contributed by atoms with E-state index in [1.165, 1.54) is 18.7 Å². The number of halogens is 2. The van der Waals surface area contributed by atoms with Crippen molar-refractivity contribution in [3.8, 4) is 0 Å². The number of aliphatic hydroxyl groups excluding tert-OH is 4. The van der Waals surface area contributed by atoms with Crippen LogP contribution < -0.4 is 37.3 Å². The van der Waals surface area contributed by atoms with Crippen LogP contribution in [0.15, 0.2) is 24.3 Å². The van der Waals surface area contributed by atoms with Gasteiger partial charge in [-0.2, -0.15) is 20.4 Å². The van der Waals surface area contributed by atoms with Crippen LogP contribution in [0.5, 0.6) is 0 Å². The van der Waals surface area contributed by atoms with Gasteiger partial charge in [-0.1, -0.05) is 0 Å². The molecule has 249 valence electrons. The Morgan fingerprint density at radius 3 is 0.750 bits per heavy atom. The summed E-state index contributed by atoms with van der Waals surface area (Å²) in [4.78, 5) is 0. The van der Waals surface area contributed by atoms with E-state index in [1.807, 2.05) is 0 Å². The van der Waals surface area contributed by atoms with Crippen molar-refractivity contribution in [2.24, 2.45) is 0 Å². The van der Waals surface area contributed by atoms with Gasteiger partial charge in [-0.05, 0) is 52.0 Å². The predicted octanol–water partition coefficient (Wildman–Crippen LogP) is -10.2. The first kappa shape index (κ1) is 39.4. The Balaban J connectivity index is 0.000000705. The number of hydrogen-bond acceptors (Lipinski definition) is 16. The molecule has 24 heteroatoms. The van der Waals surface area contributed by atoms with Crippen molar-refractivity contribution >= 4 is 0 Å². The zero-order chi connectivity index (χ0) is 31.9. The van der Waals surface area contributed by atoms with Crippen molar-refractivity contribution in [3.05, 3.63) is 69.8 Å². The number of aliphatic hydroxyl groups is 4. The van der Waals surface area contributed by atoms with E-state index in [0.29, 0.717) is 22.8 Å². The fourth-order valence-corrected chi connectivity index (χ4v) is 4.05. The summed E-state index contributed by atoms with van der Waals surface area (Å²) in [6.45, 7) is 7.00. The van der Waals surface area contributed by atoms with E-state index in [0.717, 1.165) is 0 Å². The van der Waals surface area contributed by atoms with E-state index < -0.39 is 45.4 Å². The second-order valence-electron chi connectivity index (χ2n) is 8.87. The van der Waals surface area contributed by atoms with Crippen LogP contribution in [0.25, 0.3) is 0 Å². The zero-order valence-electron chi connectivity index (χ0n) is 22.8. The summed E-state index contributed by atoms with van der Waals surface area (Å²) >= 11 is 0. The largest absolute Gasteiger partial charge is 2.00 e. The number of rotatable bonds is 0.